The van der Waals surface area contributed by atoms with E-state index in [0.29, 0.717) is 65.4 Å². The number of aliphatic hydroxyl groups is 1. The smallest absolute Gasteiger partial charge is 0.276 e. The van der Waals surface area contributed by atoms with Gasteiger partial charge >= 0.3 is 0 Å². The van der Waals surface area contributed by atoms with Crippen LogP contribution in [0.2, 0.25) is 0 Å². The Morgan fingerprint density at radius 2 is 1.84 bits per heavy atom. The van der Waals surface area contributed by atoms with E-state index in [1.54, 1.807) is 30.4 Å². The van der Waals surface area contributed by atoms with Crippen molar-refractivity contribution in [3.05, 3.63) is 81.8 Å². The number of nitrogens with zero attached hydrogens (tertiary/aromatic N) is 7. The number of aromatic nitrogens is 4. The Morgan fingerprint density at radius 3 is 2.59 bits per heavy atom. The number of piperazine rings is 1. The van der Waals surface area contributed by atoms with E-state index in [0.717, 1.165) is 63.2 Å². The fraction of sp³-hybridized carbons (Fsp3) is 0.459. The van der Waals surface area contributed by atoms with Crippen LogP contribution in [0.25, 0.3) is 11.1 Å². The monoisotopic (exact) mass is 664 g/mol. The Labute approximate surface area is 285 Å². The highest BCUT2D eigenvalue weighted by Crippen LogP contribution is 2.35. The maximum Gasteiger partial charge on any atom is 0.276 e. The van der Waals surface area contributed by atoms with E-state index in [1.165, 1.54) is 15.8 Å². The number of aryl methyl sites for hydroxylation is 2. The van der Waals surface area contributed by atoms with Gasteiger partial charge in [0.25, 0.3) is 11.5 Å². The minimum atomic E-state index is -0.311. The van der Waals surface area contributed by atoms with Crippen molar-refractivity contribution in [2.45, 2.75) is 70.8 Å². The van der Waals surface area contributed by atoms with Gasteiger partial charge in [-0.25, -0.2) is 9.97 Å². The first-order valence-electron chi connectivity index (χ1n) is 17.5. The average molecular weight is 665 g/mol. The van der Waals surface area contributed by atoms with Crippen LogP contribution in [0.15, 0.2) is 53.7 Å². The second-order valence-electron chi connectivity index (χ2n) is 14.0. The van der Waals surface area contributed by atoms with E-state index in [-0.39, 0.29) is 18.1 Å². The zero-order valence-corrected chi connectivity index (χ0v) is 28.4. The van der Waals surface area contributed by atoms with Crippen molar-refractivity contribution in [3.63, 3.8) is 0 Å². The summed E-state index contributed by atoms with van der Waals surface area (Å²) in [5.41, 5.74) is 6.42. The van der Waals surface area contributed by atoms with Gasteiger partial charge in [-0.05, 0) is 81.0 Å². The predicted molar refractivity (Wildman–Crippen MR) is 189 cm³/mol. The number of nitrogens with one attached hydrogen (secondary N) is 1. The lowest BCUT2D eigenvalue weighted by molar-refractivity contribution is -0.0828. The number of hydrogen-bond donors (Lipinski definition) is 2. The molecule has 2 fully saturated rings. The van der Waals surface area contributed by atoms with Crippen molar-refractivity contribution in [2.75, 3.05) is 48.0 Å². The Bertz CT molecular complexity index is 1950. The maximum atomic E-state index is 13.8. The fourth-order valence-electron chi connectivity index (χ4n) is 8.13. The van der Waals surface area contributed by atoms with Gasteiger partial charge in [-0.3, -0.25) is 19.4 Å². The normalized spacial score (nSPS) is 21.3. The SMILES string of the molecule is C[C@@H]1CN(c2ccc(Nc3cc(-c4ccnc(N5CCn6c(cc7c6CCCC7)C5=O)c4CO)cn(C)c3=O)nc2)[C@@H](C)CN1C1COC1. The molecule has 4 aliphatic rings. The third-order valence-corrected chi connectivity index (χ3v) is 10.8. The van der Waals surface area contributed by atoms with Gasteiger partial charge in [-0.1, -0.05) is 0 Å². The third-order valence-electron chi connectivity index (χ3n) is 10.8. The number of anilines is 4. The number of hydrogen-bond acceptors (Lipinski definition) is 9. The Balaban J connectivity index is 1.04. The summed E-state index contributed by atoms with van der Waals surface area (Å²) >= 11 is 0. The van der Waals surface area contributed by atoms with Crippen LogP contribution >= 0.6 is 0 Å². The highest BCUT2D eigenvalue weighted by molar-refractivity contribution is 6.06. The van der Waals surface area contributed by atoms with Gasteiger partial charge in [-0.15, -0.1) is 0 Å². The molecular weight excluding hydrogens is 620 g/mol. The van der Waals surface area contributed by atoms with Crippen LogP contribution in [0.3, 0.4) is 0 Å². The summed E-state index contributed by atoms with van der Waals surface area (Å²) < 4.78 is 9.13. The number of aliphatic hydroxyl groups excluding tert-OH is 1. The number of rotatable bonds is 7. The van der Waals surface area contributed by atoms with E-state index >= 15 is 0 Å². The summed E-state index contributed by atoms with van der Waals surface area (Å²) in [6.07, 6.45) is 9.59. The first kappa shape index (κ1) is 31.7. The molecule has 0 radical (unpaired) electrons. The van der Waals surface area contributed by atoms with Gasteiger partial charge < -0.3 is 29.2 Å². The third kappa shape index (κ3) is 5.61. The standard InChI is InChI=1S/C37H44N8O4/c1-23-18-45(28-21-49-22-28)24(2)17-44(23)27-8-9-34(39-16-27)40-31-14-26(19-41(3)36(31)47)29-10-11-38-35(30(29)20-46)43-13-12-42-32-7-5-4-6-25(32)15-33(42)37(43)48/h8-11,14-16,19,23-24,28,46H,4-7,12-13,17-18,20-22H2,1-3H3,(H,39,40)/t23-,24+/m0/s1. The topological polar surface area (TPSA) is 121 Å². The number of carbonyl (C=O) groups excluding carboxylic acids is 1. The fourth-order valence-corrected chi connectivity index (χ4v) is 8.13. The molecule has 2 N–H and O–H groups in total. The molecule has 1 amide bonds. The largest absolute Gasteiger partial charge is 0.392 e. The maximum absolute atomic E-state index is 13.8. The van der Waals surface area contributed by atoms with Gasteiger partial charge in [0.2, 0.25) is 0 Å². The molecule has 12 heteroatoms. The molecule has 49 heavy (non-hydrogen) atoms. The van der Waals surface area contributed by atoms with Crippen LogP contribution in [0.5, 0.6) is 0 Å². The number of ether oxygens (including phenoxy) is 1. The molecule has 0 unspecified atom stereocenters. The Hall–Kier alpha value is -4.52. The van der Waals surface area contributed by atoms with E-state index in [2.05, 4.69) is 44.6 Å². The summed E-state index contributed by atoms with van der Waals surface area (Å²) in [5.74, 6) is 0.906. The first-order chi connectivity index (χ1) is 23.8. The lowest BCUT2D eigenvalue weighted by Gasteiger charge is -2.50. The molecule has 0 aromatic carbocycles. The van der Waals surface area contributed by atoms with E-state index in [1.807, 2.05) is 24.4 Å². The van der Waals surface area contributed by atoms with E-state index < -0.39 is 0 Å². The number of fused-ring (bicyclic) bond motifs is 3. The van der Waals surface area contributed by atoms with Gasteiger partial charge in [0.1, 0.15) is 23.0 Å². The van der Waals surface area contributed by atoms with Crippen LogP contribution in [0.1, 0.15) is 54.0 Å². The Kier molecular flexibility index (Phi) is 8.25. The van der Waals surface area contributed by atoms with Gasteiger partial charge in [0.05, 0.1) is 37.7 Å². The quantitative estimate of drug-likeness (QED) is 0.305. The molecule has 7 heterocycles. The molecular formula is C37H44N8O4. The molecule has 256 valence electrons. The van der Waals surface area contributed by atoms with Crippen LogP contribution in [-0.2, 0) is 37.8 Å². The van der Waals surface area contributed by atoms with Crippen LogP contribution < -0.4 is 20.7 Å². The lowest BCUT2D eigenvalue weighted by atomic mass is 9.98. The van der Waals surface area contributed by atoms with Crippen molar-refractivity contribution in [3.8, 4) is 11.1 Å². The first-order valence-corrected chi connectivity index (χ1v) is 17.5. The van der Waals surface area contributed by atoms with Crippen molar-refractivity contribution < 1.29 is 14.6 Å². The Morgan fingerprint density at radius 1 is 1.00 bits per heavy atom. The molecule has 4 aromatic heterocycles. The summed E-state index contributed by atoms with van der Waals surface area (Å²) in [4.78, 5) is 43.1. The molecule has 12 nitrogen and oxygen atoms in total. The number of pyridine rings is 3. The van der Waals surface area contributed by atoms with Gasteiger partial charge in [0, 0.05) is 74.5 Å². The molecule has 4 aromatic rings. The van der Waals surface area contributed by atoms with Crippen molar-refractivity contribution in [1.29, 1.82) is 0 Å². The second-order valence-corrected chi connectivity index (χ2v) is 14.0. The molecule has 0 spiro atoms. The zero-order chi connectivity index (χ0) is 33.8. The molecule has 0 saturated carbocycles. The van der Waals surface area contributed by atoms with Crippen molar-refractivity contribution in [1.82, 2.24) is 24.0 Å². The van der Waals surface area contributed by atoms with E-state index in [9.17, 15) is 14.7 Å². The lowest BCUT2D eigenvalue weighted by Crippen LogP contribution is -2.63. The summed E-state index contributed by atoms with van der Waals surface area (Å²) in [6.45, 7) is 8.89. The summed E-state index contributed by atoms with van der Waals surface area (Å²) in [5, 5.41) is 13.9. The molecule has 2 atom stereocenters. The van der Waals surface area contributed by atoms with Crippen molar-refractivity contribution in [2.24, 2.45) is 7.05 Å². The highest BCUT2D eigenvalue weighted by Gasteiger charge is 2.37. The summed E-state index contributed by atoms with van der Waals surface area (Å²) in [7, 11) is 1.70. The predicted octanol–water partition coefficient (Wildman–Crippen LogP) is 3.72. The van der Waals surface area contributed by atoms with Crippen LogP contribution in [-0.4, -0.2) is 86.0 Å². The molecule has 1 aliphatic carbocycles. The van der Waals surface area contributed by atoms with Crippen molar-refractivity contribution >= 4 is 28.9 Å². The minimum Gasteiger partial charge on any atom is -0.392 e. The molecule has 3 aliphatic heterocycles. The average Bonchev–Trinajstić information content (AvgIpc) is 3.47. The molecule has 2 saturated heterocycles. The summed E-state index contributed by atoms with van der Waals surface area (Å²) in [6, 6.07) is 10.9. The highest BCUT2D eigenvalue weighted by atomic mass is 16.5. The molecule has 8 rings (SSSR count). The number of amides is 1. The molecule has 0 bridgehead atoms. The van der Waals surface area contributed by atoms with Crippen LogP contribution in [0, 0.1) is 0 Å². The number of carbonyl (C=O) groups is 1. The minimum absolute atomic E-state index is 0.101. The van der Waals surface area contributed by atoms with Crippen LogP contribution in [0.4, 0.5) is 23.0 Å². The van der Waals surface area contributed by atoms with E-state index in [4.69, 9.17) is 9.72 Å². The second kappa shape index (κ2) is 12.7. The zero-order valence-electron chi connectivity index (χ0n) is 28.4. The van der Waals surface area contributed by atoms with Gasteiger partial charge in [-0.2, -0.15) is 0 Å². The van der Waals surface area contributed by atoms with Gasteiger partial charge in [0.15, 0.2) is 0 Å².